The molecule has 0 amide bonds. The van der Waals surface area contributed by atoms with Crippen molar-refractivity contribution in [1.82, 2.24) is 0 Å². The van der Waals surface area contributed by atoms with Gasteiger partial charge in [-0.2, -0.15) is 0 Å². The minimum absolute atomic E-state index is 0. The van der Waals surface area contributed by atoms with Crippen LogP contribution in [0.2, 0.25) is 0 Å². The third-order valence-corrected chi connectivity index (χ3v) is 0. The summed E-state index contributed by atoms with van der Waals surface area (Å²) in [5.74, 6) is 0. The van der Waals surface area contributed by atoms with Crippen LogP contribution in [0, 0.1) is 0 Å². The fourth-order valence-corrected chi connectivity index (χ4v) is 0. The van der Waals surface area contributed by atoms with Crippen molar-refractivity contribution in [2.75, 3.05) is 0 Å². The van der Waals surface area contributed by atoms with Crippen molar-refractivity contribution < 1.29 is 75.3 Å². The molecule has 0 aliphatic carbocycles. The maximum Gasteiger partial charge on any atom is 1.00 e. The van der Waals surface area contributed by atoms with E-state index >= 15 is 0 Å². The summed E-state index contributed by atoms with van der Waals surface area (Å²) in [4.78, 5) is 0. The van der Waals surface area contributed by atoms with Gasteiger partial charge in [0.05, 0.1) is 0 Å². The summed E-state index contributed by atoms with van der Waals surface area (Å²) in [7, 11) is 0. The maximum absolute atomic E-state index is 0. The molecule has 25 valence electrons. The molecule has 0 aliphatic heterocycles. The van der Waals surface area contributed by atoms with Gasteiger partial charge in [0.2, 0.25) is 0 Å². The molecule has 0 saturated heterocycles. The molecule has 0 heterocycles. The Labute approximate surface area is 74.5 Å². The zero-order chi connectivity index (χ0) is 0. The number of hydrogen-bond acceptors (Lipinski definition) is 0. The molecule has 0 nitrogen and oxygen atoms in total. The minimum atomic E-state index is 0. The van der Waals surface area contributed by atoms with E-state index in [4.69, 9.17) is 0 Å². The molecule has 0 unspecified atom stereocenters. The molecule has 0 aromatic rings. The molecule has 0 saturated carbocycles. The molecule has 0 aliphatic rings. The van der Waals surface area contributed by atoms with Crippen molar-refractivity contribution in [3.63, 3.8) is 0 Å². The second-order valence-electron chi connectivity index (χ2n) is 0. The molecule has 4 heteroatoms. The van der Waals surface area contributed by atoms with Crippen molar-refractivity contribution in [2.45, 2.75) is 0 Å². The molecule has 0 N–H and O–H groups in total. The smallest absolute Gasteiger partial charge is 1.00 e. The number of hydrogen-bond donors (Lipinski definition) is 0. The Bertz CT molecular complexity index is 11.6. The Morgan fingerprint density at radius 2 is 1.25 bits per heavy atom. The first kappa shape index (κ1) is 33.3. The average molecular weight is 173 g/mol. The SMILES string of the molecule is [Co].[H-].[Li+].[Ni].[Ti]. The van der Waals surface area contributed by atoms with E-state index in [0.29, 0.717) is 0 Å². The van der Waals surface area contributed by atoms with Crippen molar-refractivity contribution in [1.29, 1.82) is 0 Å². The first-order chi connectivity index (χ1) is 0. The van der Waals surface area contributed by atoms with Crippen LogP contribution in [0.3, 0.4) is 0 Å². The van der Waals surface area contributed by atoms with Crippen LogP contribution in [0.5, 0.6) is 0 Å². The van der Waals surface area contributed by atoms with Gasteiger partial charge in [0.15, 0.2) is 0 Å². The summed E-state index contributed by atoms with van der Waals surface area (Å²) in [5, 5.41) is 0. The molecule has 0 rings (SSSR count). The van der Waals surface area contributed by atoms with E-state index < -0.39 is 0 Å². The van der Waals surface area contributed by atoms with Crippen LogP contribution in [0.15, 0.2) is 0 Å². The van der Waals surface area contributed by atoms with Crippen LogP contribution in [0.25, 0.3) is 0 Å². The number of rotatable bonds is 0. The van der Waals surface area contributed by atoms with E-state index in [2.05, 4.69) is 0 Å². The second kappa shape index (κ2) is 18.5. The molecule has 0 spiro atoms. The Hall–Kier alpha value is 2.31. The van der Waals surface area contributed by atoms with Gasteiger partial charge >= 0.3 is 18.9 Å². The van der Waals surface area contributed by atoms with E-state index in [0.717, 1.165) is 0 Å². The standard InChI is InChI=1S/Co.Li.Ni.Ti.H/q;+1;;;-1. The molecule has 0 aromatic carbocycles. The summed E-state index contributed by atoms with van der Waals surface area (Å²) in [6.45, 7) is 0. The van der Waals surface area contributed by atoms with Gasteiger partial charge in [-0.15, -0.1) is 0 Å². The molecule has 4 heavy (non-hydrogen) atoms. The molecule has 0 bridgehead atoms. The van der Waals surface area contributed by atoms with Gasteiger partial charge in [-0.05, 0) is 0 Å². The van der Waals surface area contributed by atoms with E-state index in [1.165, 1.54) is 0 Å². The van der Waals surface area contributed by atoms with Crippen LogP contribution in [0.4, 0.5) is 0 Å². The van der Waals surface area contributed by atoms with Crippen molar-refractivity contribution in [2.24, 2.45) is 0 Å². The zero-order valence-electron chi connectivity index (χ0n) is 3.15. The third kappa shape index (κ3) is 8.85. The first-order valence-corrected chi connectivity index (χ1v) is 0. The van der Waals surface area contributed by atoms with Crippen LogP contribution in [0.1, 0.15) is 1.43 Å². The van der Waals surface area contributed by atoms with E-state index in [1.54, 1.807) is 0 Å². The van der Waals surface area contributed by atoms with Gasteiger partial charge in [-0.3, -0.25) is 0 Å². The van der Waals surface area contributed by atoms with Crippen LogP contribution in [-0.4, -0.2) is 0 Å². The second-order valence-corrected chi connectivity index (χ2v) is 0. The van der Waals surface area contributed by atoms with Crippen LogP contribution in [-0.2, 0) is 55.0 Å². The predicted molar refractivity (Wildman–Crippen MR) is 1.11 cm³/mol. The zero-order valence-corrected chi connectivity index (χ0v) is 5.74. The van der Waals surface area contributed by atoms with Gasteiger partial charge in [0, 0.05) is 55.0 Å². The molecule has 1 radical (unpaired) electrons. The van der Waals surface area contributed by atoms with Gasteiger partial charge in [0.1, 0.15) is 0 Å². The van der Waals surface area contributed by atoms with Crippen molar-refractivity contribution >= 4 is 0 Å². The van der Waals surface area contributed by atoms with E-state index in [9.17, 15) is 0 Å². The Kier molecular flexibility index (Phi) is 154. The molecule has 0 fully saturated rings. The predicted octanol–water partition coefficient (Wildman–Crippen LogP) is -2.89. The fraction of sp³-hybridized carbons (Fsp3) is 0. The first-order valence-electron chi connectivity index (χ1n) is 0. The van der Waals surface area contributed by atoms with E-state index in [-0.39, 0.29) is 75.3 Å². The Morgan fingerprint density at radius 1 is 1.25 bits per heavy atom. The summed E-state index contributed by atoms with van der Waals surface area (Å²) < 4.78 is 0. The topological polar surface area (TPSA) is 0 Å². The Morgan fingerprint density at radius 3 is 1.25 bits per heavy atom. The summed E-state index contributed by atoms with van der Waals surface area (Å²) >= 11 is 0. The van der Waals surface area contributed by atoms with Gasteiger partial charge < -0.3 is 1.43 Å². The quantitative estimate of drug-likeness (QED) is 0.345. The van der Waals surface area contributed by atoms with Crippen LogP contribution >= 0.6 is 0 Å². The average Bonchev–Trinajstić information content (AvgIpc) is 0. The molecule has 0 atom stereocenters. The van der Waals surface area contributed by atoms with Crippen molar-refractivity contribution in [3.8, 4) is 0 Å². The van der Waals surface area contributed by atoms with Crippen LogP contribution < -0.4 is 18.9 Å². The molecular weight excluding hydrogens is 172 g/mol. The monoisotopic (exact) mass is 173 g/mol. The van der Waals surface area contributed by atoms with E-state index in [1.807, 2.05) is 0 Å². The van der Waals surface area contributed by atoms with Crippen molar-refractivity contribution in [3.05, 3.63) is 0 Å². The maximum atomic E-state index is 0. The summed E-state index contributed by atoms with van der Waals surface area (Å²) in [5.41, 5.74) is 0. The minimum Gasteiger partial charge on any atom is -1.00 e. The molecular formula is HCoLiNiTi. The van der Waals surface area contributed by atoms with Gasteiger partial charge in [0.25, 0.3) is 0 Å². The normalized spacial score (nSPS) is 0. The molecule has 0 aromatic heterocycles. The summed E-state index contributed by atoms with van der Waals surface area (Å²) in [6.07, 6.45) is 0. The fourth-order valence-electron chi connectivity index (χ4n) is 0. The van der Waals surface area contributed by atoms with Gasteiger partial charge in [-0.25, -0.2) is 0 Å². The Balaban J connectivity index is 0. The largest absolute Gasteiger partial charge is 1.00 e. The summed E-state index contributed by atoms with van der Waals surface area (Å²) in [6, 6.07) is 0. The van der Waals surface area contributed by atoms with Gasteiger partial charge in [-0.1, -0.05) is 0 Å². The third-order valence-electron chi connectivity index (χ3n) is 0.